The average Bonchev–Trinajstić information content (AvgIpc) is 2.39. The van der Waals surface area contributed by atoms with Gasteiger partial charge in [-0.15, -0.1) is 0 Å². The van der Waals surface area contributed by atoms with E-state index in [4.69, 9.17) is 5.84 Å². The van der Waals surface area contributed by atoms with E-state index in [1.807, 2.05) is 18.2 Å². The minimum atomic E-state index is -0.0633. The van der Waals surface area contributed by atoms with Crippen molar-refractivity contribution in [1.29, 1.82) is 0 Å². The molecule has 2 aromatic rings. The molecule has 1 unspecified atom stereocenters. The first kappa shape index (κ1) is 12.1. The summed E-state index contributed by atoms with van der Waals surface area (Å²) in [5, 5.41) is 0. The Kier molecular flexibility index (Phi) is 4.13. The van der Waals surface area contributed by atoms with Crippen LogP contribution in [-0.2, 0) is 6.42 Å². The van der Waals surface area contributed by atoms with E-state index < -0.39 is 0 Å². The van der Waals surface area contributed by atoms with E-state index in [-0.39, 0.29) is 6.04 Å². The Hall–Kier alpha value is -1.37. The maximum Gasteiger partial charge on any atom is 0.115 e. The zero-order valence-corrected chi connectivity index (χ0v) is 10.6. The van der Waals surface area contributed by atoms with Crippen LogP contribution in [-0.4, -0.2) is 15.0 Å². The molecule has 0 aromatic carbocycles. The summed E-state index contributed by atoms with van der Waals surface area (Å²) in [6, 6.07) is 5.68. The fourth-order valence-corrected chi connectivity index (χ4v) is 1.73. The number of nitrogens with zero attached hydrogens (tertiary/aromatic N) is 3. The van der Waals surface area contributed by atoms with Crippen LogP contribution in [0.25, 0.3) is 0 Å². The van der Waals surface area contributed by atoms with Crippen LogP contribution < -0.4 is 11.3 Å². The van der Waals surface area contributed by atoms with Gasteiger partial charge in [-0.25, -0.2) is 9.97 Å². The quantitative estimate of drug-likeness (QED) is 0.658. The van der Waals surface area contributed by atoms with Crippen LogP contribution in [0.4, 0.5) is 0 Å². The van der Waals surface area contributed by atoms with Crippen LogP contribution in [0, 0.1) is 0 Å². The number of aromatic nitrogens is 3. The van der Waals surface area contributed by atoms with Crippen molar-refractivity contribution in [2.75, 3.05) is 0 Å². The summed E-state index contributed by atoms with van der Waals surface area (Å²) in [6.07, 6.45) is 5.65. The molecule has 3 N–H and O–H groups in total. The molecule has 2 aromatic heterocycles. The zero-order valence-electron chi connectivity index (χ0n) is 9.05. The molecule has 0 amide bonds. The molecule has 17 heavy (non-hydrogen) atoms. The van der Waals surface area contributed by atoms with E-state index in [1.54, 1.807) is 12.4 Å². The number of halogens is 1. The lowest BCUT2D eigenvalue weighted by atomic mass is 10.1. The van der Waals surface area contributed by atoms with Crippen LogP contribution >= 0.6 is 15.9 Å². The van der Waals surface area contributed by atoms with Crippen LogP contribution in [0.3, 0.4) is 0 Å². The normalized spacial score (nSPS) is 12.4. The number of hydrogen-bond donors (Lipinski definition) is 2. The Labute approximate surface area is 108 Å². The predicted octanol–water partition coefficient (Wildman–Crippen LogP) is 1.38. The molecule has 0 fully saturated rings. The summed E-state index contributed by atoms with van der Waals surface area (Å²) in [7, 11) is 0. The van der Waals surface area contributed by atoms with Gasteiger partial charge in [-0.2, -0.15) is 0 Å². The lowest BCUT2D eigenvalue weighted by Gasteiger charge is -2.14. The lowest BCUT2D eigenvalue weighted by molar-refractivity contribution is 0.531. The number of nitrogens with one attached hydrogen (secondary N) is 1. The monoisotopic (exact) mass is 293 g/mol. The van der Waals surface area contributed by atoms with Gasteiger partial charge in [0.05, 0.1) is 11.7 Å². The van der Waals surface area contributed by atoms with Crippen molar-refractivity contribution >= 4 is 15.9 Å². The minimum absolute atomic E-state index is 0.0633. The molecule has 0 aliphatic rings. The smallest absolute Gasteiger partial charge is 0.115 e. The Bertz CT molecular complexity index is 459. The Morgan fingerprint density at radius 2 is 2.18 bits per heavy atom. The van der Waals surface area contributed by atoms with Crippen LogP contribution in [0.2, 0.25) is 0 Å². The van der Waals surface area contributed by atoms with Gasteiger partial charge in [0, 0.05) is 29.0 Å². The summed E-state index contributed by atoms with van der Waals surface area (Å²) in [4.78, 5) is 12.4. The second-order valence-electron chi connectivity index (χ2n) is 3.53. The fraction of sp³-hybridized carbons (Fsp3) is 0.182. The van der Waals surface area contributed by atoms with Crippen LogP contribution in [0.1, 0.15) is 17.4 Å². The molecule has 5 nitrogen and oxygen atoms in total. The second kappa shape index (κ2) is 5.81. The summed E-state index contributed by atoms with van der Waals surface area (Å²) in [5.74, 6) is 5.54. The molecule has 0 aliphatic heterocycles. The summed E-state index contributed by atoms with van der Waals surface area (Å²) >= 11 is 3.35. The molecule has 88 valence electrons. The van der Waals surface area contributed by atoms with Crippen LogP contribution in [0.15, 0.2) is 41.4 Å². The highest BCUT2D eigenvalue weighted by Gasteiger charge is 2.12. The molecular formula is C11H12BrN5. The number of pyridine rings is 1. The molecule has 6 heteroatoms. The van der Waals surface area contributed by atoms with E-state index >= 15 is 0 Å². The van der Waals surface area contributed by atoms with Gasteiger partial charge in [0.25, 0.3) is 0 Å². The number of hydrazine groups is 1. The van der Waals surface area contributed by atoms with Gasteiger partial charge in [0.15, 0.2) is 0 Å². The first-order chi connectivity index (χ1) is 8.29. The van der Waals surface area contributed by atoms with Crippen molar-refractivity contribution in [3.8, 4) is 0 Å². The molecule has 0 radical (unpaired) electrons. The van der Waals surface area contributed by atoms with Gasteiger partial charge in [0.1, 0.15) is 6.33 Å². The first-order valence-corrected chi connectivity index (χ1v) is 5.91. The fourth-order valence-electron chi connectivity index (χ4n) is 1.49. The highest BCUT2D eigenvalue weighted by Crippen LogP contribution is 2.15. The topological polar surface area (TPSA) is 76.7 Å². The van der Waals surface area contributed by atoms with Gasteiger partial charge in [0.2, 0.25) is 0 Å². The number of nitrogens with two attached hydrogens (primary N) is 1. The van der Waals surface area contributed by atoms with E-state index in [1.165, 1.54) is 6.33 Å². The first-order valence-electron chi connectivity index (χ1n) is 5.12. The summed E-state index contributed by atoms with van der Waals surface area (Å²) < 4.78 is 0.959. The van der Waals surface area contributed by atoms with E-state index in [2.05, 4.69) is 36.3 Å². The highest BCUT2D eigenvalue weighted by molar-refractivity contribution is 9.10. The molecule has 2 rings (SSSR count). The van der Waals surface area contributed by atoms with Crippen molar-refractivity contribution in [1.82, 2.24) is 20.4 Å². The van der Waals surface area contributed by atoms with E-state index in [9.17, 15) is 0 Å². The van der Waals surface area contributed by atoms with Gasteiger partial charge < -0.3 is 0 Å². The minimum Gasteiger partial charge on any atom is -0.271 e. The predicted molar refractivity (Wildman–Crippen MR) is 67.7 cm³/mol. The largest absolute Gasteiger partial charge is 0.271 e. The maximum absolute atomic E-state index is 5.54. The second-order valence-corrected chi connectivity index (χ2v) is 4.44. The Morgan fingerprint density at radius 1 is 1.29 bits per heavy atom. The zero-order chi connectivity index (χ0) is 12.1. The number of hydrogen-bond acceptors (Lipinski definition) is 5. The van der Waals surface area contributed by atoms with Crippen molar-refractivity contribution in [3.63, 3.8) is 0 Å². The molecular weight excluding hydrogens is 282 g/mol. The average molecular weight is 294 g/mol. The molecule has 1 atom stereocenters. The summed E-state index contributed by atoms with van der Waals surface area (Å²) in [6.45, 7) is 0. The third kappa shape index (κ3) is 3.29. The van der Waals surface area contributed by atoms with Gasteiger partial charge in [-0.05, 0) is 34.1 Å². The lowest BCUT2D eigenvalue weighted by Crippen LogP contribution is -2.30. The molecule has 0 aliphatic carbocycles. The Morgan fingerprint density at radius 3 is 2.76 bits per heavy atom. The number of rotatable bonds is 4. The Balaban J connectivity index is 2.13. The van der Waals surface area contributed by atoms with Gasteiger partial charge in [-0.1, -0.05) is 0 Å². The maximum atomic E-state index is 5.54. The molecule has 0 bridgehead atoms. The molecule has 2 heterocycles. The highest BCUT2D eigenvalue weighted by atomic mass is 79.9. The summed E-state index contributed by atoms with van der Waals surface area (Å²) in [5.41, 5.74) is 4.55. The SMILES string of the molecule is NNC(Cc1ccc(Br)cn1)c1ccncn1. The van der Waals surface area contributed by atoms with Crippen molar-refractivity contribution in [2.45, 2.75) is 12.5 Å². The molecule has 0 saturated carbocycles. The van der Waals surface area contributed by atoms with Crippen molar-refractivity contribution in [3.05, 3.63) is 52.8 Å². The third-order valence-electron chi connectivity index (χ3n) is 2.36. The van der Waals surface area contributed by atoms with E-state index in [0.717, 1.165) is 15.9 Å². The third-order valence-corrected chi connectivity index (χ3v) is 2.83. The van der Waals surface area contributed by atoms with Crippen molar-refractivity contribution < 1.29 is 0 Å². The molecule has 0 spiro atoms. The van der Waals surface area contributed by atoms with Gasteiger partial charge in [-0.3, -0.25) is 16.3 Å². The standard InChI is InChI=1S/C11H12BrN5/c12-8-1-2-9(15-6-8)5-11(17-13)10-3-4-14-7-16-10/h1-4,6-7,11,17H,5,13H2. The van der Waals surface area contributed by atoms with Crippen molar-refractivity contribution in [2.24, 2.45) is 5.84 Å². The van der Waals surface area contributed by atoms with E-state index in [0.29, 0.717) is 6.42 Å². The molecule has 0 saturated heterocycles. The van der Waals surface area contributed by atoms with Crippen LogP contribution in [0.5, 0.6) is 0 Å². The van der Waals surface area contributed by atoms with Gasteiger partial charge >= 0.3 is 0 Å².